The van der Waals surface area contributed by atoms with Crippen LogP contribution in [0.4, 0.5) is 0 Å². The van der Waals surface area contributed by atoms with Gasteiger partial charge < -0.3 is 9.47 Å². The van der Waals surface area contributed by atoms with E-state index in [-0.39, 0.29) is 5.78 Å². The minimum absolute atomic E-state index is 0.0803. The smallest absolute Gasteiger partial charge is 0.347 e. The first kappa shape index (κ1) is 16.2. The van der Waals surface area contributed by atoms with E-state index in [1.54, 1.807) is 31.2 Å². The molecule has 0 saturated carbocycles. The van der Waals surface area contributed by atoms with Crippen molar-refractivity contribution in [1.82, 2.24) is 0 Å². The Bertz CT molecular complexity index is 468. The van der Waals surface area contributed by atoms with Crippen LogP contribution in [-0.2, 0) is 9.53 Å². The Kier molecular flexibility index (Phi) is 5.31. The molecule has 0 N–H and O–H groups in total. The number of rotatable bonds is 5. The van der Waals surface area contributed by atoms with Gasteiger partial charge in [-0.2, -0.15) is 0 Å². The van der Waals surface area contributed by atoms with Crippen molar-refractivity contribution in [2.75, 3.05) is 0 Å². The summed E-state index contributed by atoms with van der Waals surface area (Å²) >= 11 is 0. The summed E-state index contributed by atoms with van der Waals surface area (Å²) in [4.78, 5) is 23.3. The molecular weight excluding hydrogens is 256 g/mol. The Morgan fingerprint density at radius 3 is 2.15 bits per heavy atom. The van der Waals surface area contributed by atoms with Crippen LogP contribution < -0.4 is 4.74 Å². The third-order valence-corrected chi connectivity index (χ3v) is 2.55. The van der Waals surface area contributed by atoms with Gasteiger partial charge in [0.2, 0.25) is 0 Å². The van der Waals surface area contributed by atoms with Gasteiger partial charge in [0, 0.05) is 12.0 Å². The molecule has 110 valence electrons. The Hall–Kier alpha value is -1.84. The summed E-state index contributed by atoms with van der Waals surface area (Å²) < 4.78 is 10.7. The van der Waals surface area contributed by atoms with Crippen molar-refractivity contribution in [3.05, 3.63) is 29.8 Å². The summed E-state index contributed by atoms with van der Waals surface area (Å²) in [6.45, 7) is 8.88. The van der Waals surface area contributed by atoms with E-state index >= 15 is 0 Å². The maximum absolute atomic E-state index is 11.8. The van der Waals surface area contributed by atoms with E-state index in [4.69, 9.17) is 9.47 Å². The Balaban J connectivity index is 2.64. The SMILES string of the molecule is CCC(=O)c1ccc(OC(C)C(=O)OC(C)(C)C)cc1. The Labute approximate surface area is 120 Å². The molecule has 1 aromatic carbocycles. The van der Waals surface area contributed by atoms with Crippen LogP contribution in [-0.4, -0.2) is 23.5 Å². The van der Waals surface area contributed by atoms with E-state index in [0.717, 1.165) is 0 Å². The molecule has 0 aliphatic rings. The van der Waals surface area contributed by atoms with Crippen molar-refractivity contribution in [2.45, 2.75) is 52.7 Å². The average Bonchev–Trinajstić information content (AvgIpc) is 2.36. The zero-order valence-corrected chi connectivity index (χ0v) is 12.7. The van der Waals surface area contributed by atoms with Gasteiger partial charge in [0.05, 0.1) is 0 Å². The summed E-state index contributed by atoms with van der Waals surface area (Å²) in [6, 6.07) is 6.76. The van der Waals surface area contributed by atoms with E-state index < -0.39 is 17.7 Å². The maximum Gasteiger partial charge on any atom is 0.347 e. The highest BCUT2D eigenvalue weighted by Gasteiger charge is 2.23. The molecule has 0 spiro atoms. The second-order valence-corrected chi connectivity index (χ2v) is 5.59. The zero-order valence-electron chi connectivity index (χ0n) is 12.7. The van der Waals surface area contributed by atoms with Crippen LogP contribution in [0.3, 0.4) is 0 Å². The molecule has 0 heterocycles. The molecule has 0 radical (unpaired) electrons. The number of benzene rings is 1. The van der Waals surface area contributed by atoms with Gasteiger partial charge in [0.15, 0.2) is 11.9 Å². The normalized spacial score (nSPS) is 12.7. The number of ketones is 1. The van der Waals surface area contributed by atoms with Gasteiger partial charge in [0.1, 0.15) is 11.4 Å². The predicted molar refractivity (Wildman–Crippen MR) is 77.0 cm³/mol. The summed E-state index contributed by atoms with van der Waals surface area (Å²) in [6.07, 6.45) is -0.226. The third kappa shape index (κ3) is 5.03. The molecule has 0 bridgehead atoms. The lowest BCUT2D eigenvalue weighted by Gasteiger charge is -2.22. The van der Waals surface area contributed by atoms with Crippen LogP contribution >= 0.6 is 0 Å². The molecule has 0 saturated heterocycles. The molecule has 1 atom stereocenters. The fourth-order valence-electron chi connectivity index (χ4n) is 1.56. The second-order valence-electron chi connectivity index (χ2n) is 5.59. The van der Waals surface area contributed by atoms with Gasteiger partial charge in [-0.15, -0.1) is 0 Å². The van der Waals surface area contributed by atoms with Crippen molar-refractivity contribution in [3.8, 4) is 5.75 Å². The topological polar surface area (TPSA) is 52.6 Å². The fourth-order valence-corrected chi connectivity index (χ4v) is 1.56. The zero-order chi connectivity index (χ0) is 15.3. The van der Waals surface area contributed by atoms with E-state index in [2.05, 4.69) is 0 Å². The molecule has 1 unspecified atom stereocenters. The summed E-state index contributed by atoms with van der Waals surface area (Å²) in [5.74, 6) is 0.207. The van der Waals surface area contributed by atoms with Crippen molar-refractivity contribution < 1.29 is 19.1 Å². The van der Waals surface area contributed by atoms with Gasteiger partial charge in [0.25, 0.3) is 0 Å². The molecule has 1 aromatic rings. The first-order valence-corrected chi connectivity index (χ1v) is 6.75. The van der Waals surface area contributed by atoms with Crippen LogP contribution in [0.2, 0.25) is 0 Å². The minimum atomic E-state index is -0.693. The van der Waals surface area contributed by atoms with E-state index in [9.17, 15) is 9.59 Å². The molecule has 0 aliphatic carbocycles. The largest absolute Gasteiger partial charge is 0.479 e. The monoisotopic (exact) mass is 278 g/mol. The number of ether oxygens (including phenoxy) is 2. The van der Waals surface area contributed by atoms with Crippen molar-refractivity contribution in [2.24, 2.45) is 0 Å². The molecule has 20 heavy (non-hydrogen) atoms. The van der Waals surface area contributed by atoms with Gasteiger partial charge in [-0.1, -0.05) is 6.92 Å². The summed E-state index contributed by atoms with van der Waals surface area (Å²) in [5.41, 5.74) is 0.108. The Morgan fingerprint density at radius 2 is 1.70 bits per heavy atom. The molecule has 0 aliphatic heterocycles. The van der Waals surface area contributed by atoms with E-state index in [0.29, 0.717) is 17.7 Å². The number of hydrogen-bond acceptors (Lipinski definition) is 4. The highest BCUT2D eigenvalue weighted by atomic mass is 16.6. The highest BCUT2D eigenvalue weighted by molar-refractivity contribution is 5.95. The van der Waals surface area contributed by atoms with E-state index in [1.165, 1.54) is 0 Å². The average molecular weight is 278 g/mol. The maximum atomic E-state index is 11.8. The van der Waals surface area contributed by atoms with Crippen LogP contribution in [0.1, 0.15) is 51.4 Å². The molecule has 1 rings (SSSR count). The first-order valence-electron chi connectivity index (χ1n) is 6.75. The minimum Gasteiger partial charge on any atom is -0.479 e. The molecule has 0 aromatic heterocycles. The lowest BCUT2D eigenvalue weighted by molar-refractivity contribution is -0.162. The number of carbonyl (C=O) groups is 2. The number of Topliss-reactive ketones (excluding diaryl/α,β-unsaturated/α-hetero) is 1. The predicted octanol–water partition coefficient (Wildman–Crippen LogP) is 3.39. The summed E-state index contributed by atoms with van der Waals surface area (Å²) in [5, 5.41) is 0. The van der Waals surface area contributed by atoms with Crippen LogP contribution in [0.5, 0.6) is 5.75 Å². The molecule has 4 heteroatoms. The standard InChI is InChI=1S/C16H22O4/c1-6-14(17)12-7-9-13(10-8-12)19-11(2)15(18)20-16(3,4)5/h7-11H,6H2,1-5H3. The van der Waals surface area contributed by atoms with Gasteiger partial charge in [-0.25, -0.2) is 4.79 Å². The van der Waals surface area contributed by atoms with Crippen LogP contribution in [0, 0.1) is 0 Å². The van der Waals surface area contributed by atoms with Crippen LogP contribution in [0.15, 0.2) is 24.3 Å². The lowest BCUT2D eigenvalue weighted by atomic mass is 10.1. The fraction of sp³-hybridized carbons (Fsp3) is 0.500. The lowest BCUT2D eigenvalue weighted by Crippen LogP contribution is -2.33. The second kappa shape index (κ2) is 6.55. The van der Waals surface area contributed by atoms with Gasteiger partial charge in [-0.3, -0.25) is 4.79 Å². The highest BCUT2D eigenvalue weighted by Crippen LogP contribution is 2.16. The Morgan fingerprint density at radius 1 is 1.15 bits per heavy atom. The van der Waals surface area contributed by atoms with Crippen molar-refractivity contribution in [3.63, 3.8) is 0 Å². The number of esters is 1. The quantitative estimate of drug-likeness (QED) is 0.612. The molecule has 4 nitrogen and oxygen atoms in total. The third-order valence-electron chi connectivity index (χ3n) is 2.55. The number of carbonyl (C=O) groups excluding carboxylic acids is 2. The molecule has 0 amide bonds. The number of hydrogen-bond donors (Lipinski definition) is 0. The van der Waals surface area contributed by atoms with Gasteiger partial charge in [-0.05, 0) is 52.0 Å². The van der Waals surface area contributed by atoms with Gasteiger partial charge >= 0.3 is 5.97 Å². The van der Waals surface area contributed by atoms with Crippen molar-refractivity contribution in [1.29, 1.82) is 0 Å². The van der Waals surface area contributed by atoms with Crippen LogP contribution in [0.25, 0.3) is 0 Å². The molecule has 0 fully saturated rings. The van der Waals surface area contributed by atoms with Crippen molar-refractivity contribution >= 4 is 11.8 Å². The first-order chi connectivity index (χ1) is 9.23. The molecular formula is C16H22O4. The summed E-state index contributed by atoms with van der Waals surface area (Å²) in [7, 11) is 0. The van der Waals surface area contributed by atoms with E-state index in [1.807, 2.05) is 27.7 Å².